The van der Waals surface area contributed by atoms with E-state index in [0.717, 1.165) is 18.9 Å². The lowest BCUT2D eigenvalue weighted by atomic mass is 10.2. The summed E-state index contributed by atoms with van der Waals surface area (Å²) >= 11 is 0. The van der Waals surface area contributed by atoms with Gasteiger partial charge in [-0.15, -0.1) is 0 Å². The van der Waals surface area contributed by atoms with Crippen LogP contribution in [0.3, 0.4) is 0 Å². The molecular formula is C12H17FN2O2S. The fraction of sp³-hybridized carbons (Fsp3) is 0.500. The van der Waals surface area contributed by atoms with Crippen molar-refractivity contribution in [2.24, 2.45) is 5.73 Å². The van der Waals surface area contributed by atoms with Crippen LogP contribution in [0.1, 0.15) is 25.3 Å². The lowest BCUT2D eigenvalue weighted by molar-refractivity contribution is 0.420. The number of sulfonamides is 1. The number of nitrogens with two attached hydrogens (primary N) is 1. The summed E-state index contributed by atoms with van der Waals surface area (Å²) in [6.45, 7) is 2.27. The van der Waals surface area contributed by atoms with Crippen molar-refractivity contribution in [3.05, 3.63) is 29.6 Å². The molecule has 1 fully saturated rings. The second-order valence-corrected chi connectivity index (χ2v) is 6.25. The summed E-state index contributed by atoms with van der Waals surface area (Å²) in [7, 11) is -3.64. The Labute approximate surface area is 107 Å². The fourth-order valence-corrected chi connectivity index (χ4v) is 3.99. The van der Waals surface area contributed by atoms with Gasteiger partial charge in [0.15, 0.2) is 0 Å². The van der Waals surface area contributed by atoms with E-state index in [1.54, 1.807) is 6.92 Å². The third kappa shape index (κ3) is 2.41. The summed E-state index contributed by atoms with van der Waals surface area (Å²) in [6, 6.07) is 3.79. The molecule has 100 valence electrons. The molecule has 0 spiro atoms. The highest BCUT2D eigenvalue weighted by Gasteiger charge is 2.37. The molecule has 1 aliphatic carbocycles. The van der Waals surface area contributed by atoms with E-state index < -0.39 is 15.8 Å². The van der Waals surface area contributed by atoms with Crippen LogP contribution in [0.5, 0.6) is 0 Å². The molecule has 0 aliphatic heterocycles. The van der Waals surface area contributed by atoms with Gasteiger partial charge in [-0.25, -0.2) is 12.8 Å². The molecule has 0 radical (unpaired) electrons. The Morgan fingerprint density at radius 1 is 1.44 bits per heavy atom. The third-order valence-corrected chi connectivity index (χ3v) is 5.21. The van der Waals surface area contributed by atoms with E-state index in [4.69, 9.17) is 5.73 Å². The van der Waals surface area contributed by atoms with E-state index in [9.17, 15) is 12.8 Å². The average molecular weight is 272 g/mol. The lowest BCUT2D eigenvalue weighted by Crippen LogP contribution is -2.33. The summed E-state index contributed by atoms with van der Waals surface area (Å²) < 4.78 is 39.7. The van der Waals surface area contributed by atoms with Gasteiger partial charge in [0.1, 0.15) is 5.82 Å². The first-order valence-electron chi connectivity index (χ1n) is 6.01. The van der Waals surface area contributed by atoms with Crippen LogP contribution in [0, 0.1) is 5.82 Å². The zero-order valence-electron chi connectivity index (χ0n) is 10.3. The molecule has 6 heteroatoms. The first-order valence-corrected chi connectivity index (χ1v) is 7.45. The van der Waals surface area contributed by atoms with Gasteiger partial charge < -0.3 is 5.73 Å². The van der Waals surface area contributed by atoms with E-state index >= 15 is 0 Å². The van der Waals surface area contributed by atoms with E-state index in [1.807, 2.05) is 0 Å². The molecule has 0 heterocycles. The number of hydrogen-bond acceptors (Lipinski definition) is 3. The quantitative estimate of drug-likeness (QED) is 0.882. The van der Waals surface area contributed by atoms with Crippen LogP contribution < -0.4 is 5.73 Å². The maximum Gasteiger partial charge on any atom is 0.243 e. The van der Waals surface area contributed by atoms with Crippen molar-refractivity contribution < 1.29 is 12.8 Å². The lowest BCUT2D eigenvalue weighted by Gasteiger charge is -2.21. The smallest absolute Gasteiger partial charge is 0.243 e. The predicted molar refractivity (Wildman–Crippen MR) is 66.9 cm³/mol. The molecule has 2 N–H and O–H groups in total. The topological polar surface area (TPSA) is 63.4 Å². The van der Waals surface area contributed by atoms with Crippen LogP contribution >= 0.6 is 0 Å². The van der Waals surface area contributed by atoms with Crippen LogP contribution in [-0.2, 0) is 16.6 Å². The molecule has 2 rings (SSSR count). The van der Waals surface area contributed by atoms with Crippen molar-refractivity contribution in [2.75, 3.05) is 6.54 Å². The molecule has 1 aromatic rings. The molecule has 1 aromatic carbocycles. The first kappa shape index (κ1) is 13.5. The van der Waals surface area contributed by atoms with Crippen LogP contribution in [0.4, 0.5) is 4.39 Å². The van der Waals surface area contributed by atoms with Crippen LogP contribution in [0.25, 0.3) is 0 Å². The standard InChI is InChI=1S/C12H17FN2O2S/c1-2-15(11-5-6-11)18(16,17)12-7-10(13)4-3-9(12)8-14/h3-4,7,11H,2,5-6,8,14H2,1H3. The fourth-order valence-electron chi connectivity index (χ4n) is 2.05. The zero-order valence-corrected chi connectivity index (χ0v) is 11.1. The summed E-state index contributed by atoms with van der Waals surface area (Å²) in [6.07, 6.45) is 1.75. The van der Waals surface area contributed by atoms with Crippen molar-refractivity contribution in [1.29, 1.82) is 0 Å². The molecule has 0 aromatic heterocycles. The maximum atomic E-state index is 13.3. The van der Waals surface area contributed by atoms with Crippen LogP contribution in [-0.4, -0.2) is 25.3 Å². The molecule has 0 atom stereocenters. The van der Waals surface area contributed by atoms with Gasteiger partial charge in [0, 0.05) is 19.1 Å². The van der Waals surface area contributed by atoms with Crippen LogP contribution in [0.2, 0.25) is 0 Å². The van der Waals surface area contributed by atoms with Gasteiger partial charge in [-0.2, -0.15) is 4.31 Å². The number of rotatable bonds is 5. The third-order valence-electron chi connectivity index (χ3n) is 3.10. The Morgan fingerprint density at radius 2 is 2.11 bits per heavy atom. The molecule has 1 aliphatic rings. The van der Waals surface area contributed by atoms with Crippen molar-refractivity contribution in [3.8, 4) is 0 Å². The van der Waals surface area contributed by atoms with E-state index in [-0.39, 0.29) is 17.5 Å². The van der Waals surface area contributed by atoms with Crippen molar-refractivity contribution in [1.82, 2.24) is 4.31 Å². The monoisotopic (exact) mass is 272 g/mol. The molecule has 0 bridgehead atoms. The summed E-state index contributed by atoms with van der Waals surface area (Å²) in [4.78, 5) is -0.00116. The maximum absolute atomic E-state index is 13.3. The average Bonchev–Trinajstić information content (AvgIpc) is 3.14. The van der Waals surface area contributed by atoms with E-state index in [2.05, 4.69) is 0 Å². The minimum absolute atomic E-state index is 0.00116. The number of hydrogen-bond donors (Lipinski definition) is 1. The van der Waals surface area contributed by atoms with E-state index in [1.165, 1.54) is 16.4 Å². The van der Waals surface area contributed by atoms with Gasteiger partial charge in [-0.1, -0.05) is 13.0 Å². The molecular weight excluding hydrogens is 255 g/mol. The molecule has 0 saturated heterocycles. The highest BCUT2D eigenvalue weighted by molar-refractivity contribution is 7.89. The van der Waals surface area contributed by atoms with Gasteiger partial charge in [0.05, 0.1) is 4.90 Å². The molecule has 1 saturated carbocycles. The predicted octanol–water partition coefficient (Wildman–Crippen LogP) is 1.46. The number of halogens is 1. The summed E-state index contributed by atoms with van der Waals surface area (Å²) in [5, 5.41) is 0. The van der Waals surface area contributed by atoms with Gasteiger partial charge in [-0.05, 0) is 30.5 Å². The summed E-state index contributed by atoms with van der Waals surface area (Å²) in [5.41, 5.74) is 5.98. The van der Waals surface area contributed by atoms with Gasteiger partial charge in [-0.3, -0.25) is 0 Å². The normalized spacial score (nSPS) is 16.2. The molecule has 0 unspecified atom stereocenters. The Bertz CT molecular complexity index is 541. The van der Waals surface area contributed by atoms with E-state index in [0.29, 0.717) is 12.1 Å². The van der Waals surface area contributed by atoms with Crippen LogP contribution in [0.15, 0.2) is 23.1 Å². The molecule has 0 amide bonds. The molecule has 4 nitrogen and oxygen atoms in total. The second kappa shape index (κ2) is 4.95. The second-order valence-electron chi connectivity index (χ2n) is 4.40. The van der Waals surface area contributed by atoms with Crippen molar-refractivity contribution in [2.45, 2.75) is 37.2 Å². The Morgan fingerprint density at radius 3 is 2.61 bits per heavy atom. The minimum Gasteiger partial charge on any atom is -0.326 e. The minimum atomic E-state index is -3.64. The highest BCUT2D eigenvalue weighted by Crippen LogP contribution is 2.32. The van der Waals surface area contributed by atoms with Gasteiger partial charge in [0.2, 0.25) is 10.0 Å². The number of nitrogens with zero attached hydrogens (tertiary/aromatic N) is 1. The van der Waals surface area contributed by atoms with Crippen molar-refractivity contribution >= 4 is 10.0 Å². The first-order chi connectivity index (χ1) is 8.50. The Kier molecular flexibility index (Phi) is 3.70. The summed E-state index contributed by atoms with van der Waals surface area (Å²) in [5.74, 6) is -0.558. The largest absolute Gasteiger partial charge is 0.326 e. The Hall–Kier alpha value is -0.980. The van der Waals surface area contributed by atoms with Crippen molar-refractivity contribution in [3.63, 3.8) is 0 Å². The van der Waals surface area contributed by atoms with Gasteiger partial charge >= 0.3 is 0 Å². The highest BCUT2D eigenvalue weighted by atomic mass is 32.2. The SMILES string of the molecule is CCN(C1CC1)S(=O)(=O)c1cc(F)ccc1CN. The Balaban J connectivity index is 2.48. The number of benzene rings is 1. The van der Waals surface area contributed by atoms with Gasteiger partial charge in [0.25, 0.3) is 0 Å². The molecule has 18 heavy (non-hydrogen) atoms. The zero-order chi connectivity index (χ0) is 13.3.